The van der Waals surface area contributed by atoms with Gasteiger partial charge in [0.25, 0.3) is 0 Å². The Balaban J connectivity index is 1.64. The molecule has 0 bridgehead atoms. The van der Waals surface area contributed by atoms with Gasteiger partial charge in [0.1, 0.15) is 5.75 Å². The van der Waals surface area contributed by atoms with Crippen molar-refractivity contribution in [2.75, 3.05) is 33.3 Å². The van der Waals surface area contributed by atoms with Crippen molar-refractivity contribution in [3.05, 3.63) is 29.3 Å². The number of benzene rings is 1. The Morgan fingerprint density at radius 1 is 1.22 bits per heavy atom. The number of aryl methyl sites for hydroxylation is 1. The van der Waals surface area contributed by atoms with Gasteiger partial charge in [0.2, 0.25) is 10.0 Å². The molecule has 0 unspecified atom stereocenters. The Morgan fingerprint density at radius 3 is 2.65 bits per heavy atom. The fraction of sp³-hybridized carbons (Fsp3) is 0.647. The number of nitrogens with zero attached hydrogens (tertiary/aromatic N) is 2. The minimum absolute atomic E-state index is 0.243. The molecule has 2 aliphatic heterocycles. The van der Waals surface area contributed by atoms with Gasteiger partial charge in [0.05, 0.1) is 12.4 Å². The number of hydrogen-bond donors (Lipinski definition) is 0. The zero-order valence-corrected chi connectivity index (χ0v) is 14.8. The predicted octanol–water partition coefficient (Wildman–Crippen LogP) is 2.00. The largest absolute Gasteiger partial charge is 0.496 e. The maximum atomic E-state index is 12.7. The van der Waals surface area contributed by atoms with E-state index < -0.39 is 10.0 Å². The number of methoxy groups -OCH3 is 1. The molecule has 1 aromatic carbocycles. The Bertz CT molecular complexity index is 654. The molecule has 0 aliphatic carbocycles. The first-order valence-electron chi connectivity index (χ1n) is 8.35. The fourth-order valence-corrected chi connectivity index (χ4v) is 5.55. The van der Waals surface area contributed by atoms with Gasteiger partial charge in [-0.3, -0.25) is 4.90 Å². The molecule has 0 amide bonds. The van der Waals surface area contributed by atoms with Crippen LogP contribution in [0.1, 0.15) is 30.4 Å². The summed E-state index contributed by atoms with van der Waals surface area (Å²) in [5.41, 5.74) is 2.29. The first kappa shape index (κ1) is 16.7. The average molecular weight is 338 g/mol. The van der Waals surface area contributed by atoms with Crippen LogP contribution >= 0.6 is 0 Å². The van der Waals surface area contributed by atoms with Gasteiger partial charge in [0, 0.05) is 26.2 Å². The quantitative estimate of drug-likeness (QED) is 0.824. The van der Waals surface area contributed by atoms with Gasteiger partial charge in [-0.25, -0.2) is 12.7 Å². The van der Waals surface area contributed by atoms with E-state index in [0.717, 1.165) is 43.7 Å². The van der Waals surface area contributed by atoms with Crippen molar-refractivity contribution in [1.82, 2.24) is 9.21 Å². The Kier molecular flexibility index (Phi) is 4.94. The van der Waals surface area contributed by atoms with Crippen molar-refractivity contribution in [3.8, 4) is 5.75 Å². The van der Waals surface area contributed by atoms with Gasteiger partial charge in [0.15, 0.2) is 0 Å². The topological polar surface area (TPSA) is 49.9 Å². The number of sulfonamides is 1. The molecule has 23 heavy (non-hydrogen) atoms. The van der Waals surface area contributed by atoms with E-state index in [4.69, 9.17) is 4.74 Å². The summed E-state index contributed by atoms with van der Waals surface area (Å²) in [4.78, 5) is 2.24. The minimum Gasteiger partial charge on any atom is -0.496 e. The molecular weight excluding hydrogens is 312 g/mol. The van der Waals surface area contributed by atoms with Crippen molar-refractivity contribution in [2.45, 2.75) is 38.0 Å². The normalized spacial score (nSPS) is 23.5. The lowest BCUT2D eigenvalue weighted by Gasteiger charge is -2.21. The van der Waals surface area contributed by atoms with E-state index in [2.05, 4.69) is 23.1 Å². The molecule has 2 saturated heterocycles. The maximum Gasteiger partial charge on any atom is 0.218 e. The highest BCUT2D eigenvalue weighted by Crippen LogP contribution is 2.26. The summed E-state index contributed by atoms with van der Waals surface area (Å²) in [6.45, 7) is 5.69. The van der Waals surface area contributed by atoms with Gasteiger partial charge >= 0.3 is 0 Å². The highest BCUT2D eigenvalue weighted by Gasteiger charge is 2.38. The molecule has 2 fully saturated rings. The summed E-state index contributed by atoms with van der Waals surface area (Å²) in [6.07, 6.45) is 2.74. The maximum absolute atomic E-state index is 12.7. The third-order valence-corrected chi connectivity index (χ3v) is 7.27. The lowest BCUT2D eigenvalue weighted by molar-refractivity contribution is 0.329. The van der Waals surface area contributed by atoms with Gasteiger partial charge in [-0.1, -0.05) is 12.1 Å². The molecule has 3 rings (SSSR count). The van der Waals surface area contributed by atoms with E-state index in [0.29, 0.717) is 19.6 Å². The number of hydrogen-bond acceptors (Lipinski definition) is 4. The van der Waals surface area contributed by atoms with E-state index in [1.807, 2.05) is 6.92 Å². The van der Waals surface area contributed by atoms with E-state index in [-0.39, 0.29) is 5.25 Å². The summed E-state index contributed by atoms with van der Waals surface area (Å²) >= 11 is 0. The molecule has 0 saturated carbocycles. The fourth-order valence-electron chi connectivity index (χ4n) is 3.56. The van der Waals surface area contributed by atoms with E-state index in [1.165, 1.54) is 5.56 Å². The molecule has 0 N–H and O–H groups in total. The van der Waals surface area contributed by atoms with Crippen LogP contribution in [0.3, 0.4) is 0 Å². The highest BCUT2D eigenvalue weighted by molar-refractivity contribution is 7.89. The van der Waals surface area contributed by atoms with Crippen LogP contribution in [0.25, 0.3) is 0 Å². The van der Waals surface area contributed by atoms with Crippen molar-refractivity contribution >= 4 is 10.0 Å². The third-order valence-electron chi connectivity index (χ3n) is 4.95. The van der Waals surface area contributed by atoms with Crippen LogP contribution in [-0.2, 0) is 16.6 Å². The van der Waals surface area contributed by atoms with Crippen molar-refractivity contribution in [3.63, 3.8) is 0 Å². The Labute approximate surface area is 139 Å². The van der Waals surface area contributed by atoms with Crippen molar-refractivity contribution in [1.29, 1.82) is 0 Å². The predicted molar refractivity (Wildman–Crippen MR) is 91.1 cm³/mol. The Hall–Kier alpha value is -1.11. The van der Waals surface area contributed by atoms with E-state index in [1.54, 1.807) is 11.4 Å². The Morgan fingerprint density at radius 2 is 1.96 bits per heavy atom. The van der Waals surface area contributed by atoms with Crippen LogP contribution in [-0.4, -0.2) is 56.2 Å². The van der Waals surface area contributed by atoms with Crippen LogP contribution in [0.2, 0.25) is 0 Å². The second-order valence-corrected chi connectivity index (χ2v) is 8.81. The van der Waals surface area contributed by atoms with Crippen LogP contribution in [0.4, 0.5) is 0 Å². The molecule has 2 aliphatic rings. The monoisotopic (exact) mass is 338 g/mol. The van der Waals surface area contributed by atoms with Crippen molar-refractivity contribution < 1.29 is 13.2 Å². The van der Waals surface area contributed by atoms with E-state index >= 15 is 0 Å². The number of likely N-dealkylation sites (tertiary alicyclic amines) is 1. The first-order valence-corrected chi connectivity index (χ1v) is 9.86. The molecular formula is C17H26N2O3S. The van der Waals surface area contributed by atoms with Gasteiger partial charge in [-0.05, 0) is 49.9 Å². The SMILES string of the molecule is COc1cc(CN2CC[C@H](S(=O)(=O)N3CCCC3)C2)ccc1C. The molecule has 0 spiro atoms. The molecule has 2 heterocycles. The van der Waals surface area contributed by atoms with Gasteiger partial charge < -0.3 is 4.74 Å². The van der Waals surface area contributed by atoms with E-state index in [9.17, 15) is 8.42 Å². The molecule has 128 valence electrons. The summed E-state index contributed by atoms with van der Waals surface area (Å²) in [5, 5.41) is -0.243. The van der Waals surface area contributed by atoms with Gasteiger partial charge in [-0.15, -0.1) is 0 Å². The van der Waals surface area contributed by atoms with Gasteiger partial charge in [-0.2, -0.15) is 0 Å². The summed E-state index contributed by atoms with van der Waals surface area (Å²) < 4.78 is 32.4. The lowest BCUT2D eigenvalue weighted by atomic mass is 10.1. The molecule has 6 heteroatoms. The zero-order valence-electron chi connectivity index (χ0n) is 14.0. The second-order valence-electron chi connectivity index (χ2n) is 6.60. The summed E-state index contributed by atoms with van der Waals surface area (Å²) in [6, 6.07) is 6.21. The smallest absolute Gasteiger partial charge is 0.218 e. The number of rotatable bonds is 5. The van der Waals surface area contributed by atoms with Crippen LogP contribution in [0.5, 0.6) is 5.75 Å². The average Bonchev–Trinajstić information content (AvgIpc) is 3.21. The van der Waals surface area contributed by atoms with Crippen molar-refractivity contribution in [2.24, 2.45) is 0 Å². The standard InChI is InChI=1S/C17H26N2O3S/c1-14-5-6-15(11-17(14)22-2)12-18-10-7-16(13-18)23(20,21)19-8-3-4-9-19/h5-6,11,16H,3-4,7-10,12-13H2,1-2H3/t16-/m0/s1. The molecule has 1 aromatic rings. The summed E-state index contributed by atoms with van der Waals surface area (Å²) in [7, 11) is -1.44. The van der Waals surface area contributed by atoms with Crippen LogP contribution < -0.4 is 4.74 Å². The number of ether oxygens (including phenoxy) is 1. The van der Waals surface area contributed by atoms with Crippen LogP contribution in [0.15, 0.2) is 18.2 Å². The summed E-state index contributed by atoms with van der Waals surface area (Å²) in [5.74, 6) is 0.892. The zero-order chi connectivity index (χ0) is 16.4. The first-order chi connectivity index (χ1) is 11.0. The second kappa shape index (κ2) is 6.79. The molecule has 0 radical (unpaired) electrons. The molecule has 5 nitrogen and oxygen atoms in total. The lowest BCUT2D eigenvalue weighted by Crippen LogP contribution is -2.38. The highest BCUT2D eigenvalue weighted by atomic mass is 32.2. The molecule has 1 atom stereocenters. The van der Waals surface area contributed by atoms with Crippen LogP contribution in [0, 0.1) is 6.92 Å². The minimum atomic E-state index is -3.12. The molecule has 0 aromatic heterocycles. The third kappa shape index (κ3) is 3.54.